The average molecular weight is 315 g/mol. The number of thioether (sulfide) groups is 1. The lowest BCUT2D eigenvalue weighted by molar-refractivity contribution is 0.0949. The molecule has 1 aliphatic heterocycles. The second-order valence-corrected chi connectivity index (χ2v) is 6.95. The summed E-state index contributed by atoms with van der Waals surface area (Å²) in [4.78, 5) is 15.9. The van der Waals surface area contributed by atoms with Crippen molar-refractivity contribution in [2.75, 3.05) is 12.3 Å². The molecule has 1 N–H and O–H groups in total. The van der Waals surface area contributed by atoms with Gasteiger partial charge in [-0.1, -0.05) is 0 Å². The molecule has 17 heavy (non-hydrogen) atoms. The molecule has 5 heteroatoms. The number of hydrogen-bond acceptors (Lipinski definition) is 3. The van der Waals surface area contributed by atoms with Gasteiger partial charge in [0.25, 0.3) is 5.91 Å². The van der Waals surface area contributed by atoms with Gasteiger partial charge in [-0.15, -0.1) is 0 Å². The summed E-state index contributed by atoms with van der Waals surface area (Å²) in [6.45, 7) is 2.94. The maximum absolute atomic E-state index is 11.9. The number of pyridine rings is 1. The van der Waals surface area contributed by atoms with Crippen LogP contribution in [0, 0.1) is 0 Å². The van der Waals surface area contributed by atoms with Gasteiger partial charge in [0.15, 0.2) is 0 Å². The van der Waals surface area contributed by atoms with E-state index in [9.17, 15) is 4.79 Å². The van der Waals surface area contributed by atoms with Crippen LogP contribution < -0.4 is 5.32 Å². The molecule has 1 aliphatic rings. The minimum absolute atomic E-state index is 0.0428. The Labute approximate surface area is 114 Å². The van der Waals surface area contributed by atoms with Crippen LogP contribution in [0.25, 0.3) is 0 Å². The number of carbonyl (C=O) groups excluding carboxylic acids is 1. The molecule has 0 saturated carbocycles. The van der Waals surface area contributed by atoms with Gasteiger partial charge in [-0.2, -0.15) is 11.8 Å². The van der Waals surface area contributed by atoms with Gasteiger partial charge in [-0.25, -0.2) is 4.98 Å². The third kappa shape index (κ3) is 3.45. The Hall–Kier alpha value is -0.550. The highest BCUT2D eigenvalue weighted by atomic mass is 79.9. The van der Waals surface area contributed by atoms with Crippen LogP contribution in [0.2, 0.25) is 0 Å². The van der Waals surface area contributed by atoms with Crippen molar-refractivity contribution in [2.24, 2.45) is 0 Å². The number of hydrogen-bond donors (Lipinski definition) is 1. The standard InChI is InChI=1S/C12H15BrN2OS/c1-12(5-2-6-17-12)8-15-11(16)9-3-4-10(13)14-7-9/h3-4,7H,2,5-6,8H2,1H3,(H,15,16). The summed E-state index contributed by atoms with van der Waals surface area (Å²) in [7, 11) is 0. The van der Waals surface area contributed by atoms with E-state index in [-0.39, 0.29) is 10.7 Å². The van der Waals surface area contributed by atoms with Crippen LogP contribution in [0.1, 0.15) is 30.1 Å². The molecule has 1 aromatic heterocycles. The largest absolute Gasteiger partial charge is 0.351 e. The van der Waals surface area contributed by atoms with Crippen LogP contribution in [0.5, 0.6) is 0 Å². The topological polar surface area (TPSA) is 42.0 Å². The summed E-state index contributed by atoms with van der Waals surface area (Å²) in [6, 6.07) is 3.55. The molecule has 3 nitrogen and oxygen atoms in total. The van der Waals surface area contributed by atoms with Gasteiger partial charge in [0.05, 0.1) is 5.56 Å². The molecule has 1 amide bonds. The van der Waals surface area contributed by atoms with Gasteiger partial charge in [0, 0.05) is 17.5 Å². The SMILES string of the molecule is CC1(CNC(=O)c2ccc(Br)nc2)CCCS1. The Morgan fingerprint density at radius 3 is 3.06 bits per heavy atom. The van der Waals surface area contributed by atoms with Gasteiger partial charge < -0.3 is 5.32 Å². The lowest BCUT2D eigenvalue weighted by atomic mass is 10.1. The zero-order valence-electron chi connectivity index (χ0n) is 9.70. The first-order valence-electron chi connectivity index (χ1n) is 5.63. The maximum Gasteiger partial charge on any atom is 0.252 e. The molecule has 92 valence electrons. The van der Waals surface area contributed by atoms with Gasteiger partial charge in [-0.05, 0) is 53.6 Å². The fourth-order valence-electron chi connectivity index (χ4n) is 1.86. The number of nitrogens with zero attached hydrogens (tertiary/aromatic N) is 1. The molecule has 1 fully saturated rings. The molecule has 1 unspecified atom stereocenters. The second-order valence-electron chi connectivity index (χ2n) is 4.45. The Bertz CT molecular complexity index is 401. The minimum Gasteiger partial charge on any atom is -0.351 e. The van der Waals surface area contributed by atoms with Crippen LogP contribution in [-0.4, -0.2) is 27.9 Å². The minimum atomic E-state index is -0.0428. The lowest BCUT2D eigenvalue weighted by Gasteiger charge is -2.22. The third-order valence-corrected chi connectivity index (χ3v) is 4.92. The van der Waals surface area contributed by atoms with Gasteiger partial charge in [0.1, 0.15) is 4.60 Å². The Kier molecular flexibility index (Phi) is 4.09. The Morgan fingerprint density at radius 2 is 2.47 bits per heavy atom. The van der Waals surface area contributed by atoms with E-state index in [1.807, 2.05) is 11.8 Å². The first kappa shape index (κ1) is 12.9. The van der Waals surface area contributed by atoms with E-state index in [0.717, 1.165) is 11.1 Å². The van der Waals surface area contributed by atoms with Crippen molar-refractivity contribution < 1.29 is 4.79 Å². The number of carbonyl (C=O) groups is 1. The fourth-order valence-corrected chi connectivity index (χ4v) is 3.33. The molecule has 2 rings (SSSR count). The third-order valence-electron chi connectivity index (χ3n) is 2.91. The highest BCUT2D eigenvalue weighted by Gasteiger charge is 2.29. The maximum atomic E-state index is 11.9. The molecule has 1 atom stereocenters. The molecule has 0 bridgehead atoms. The smallest absolute Gasteiger partial charge is 0.252 e. The van der Waals surface area contributed by atoms with Crippen LogP contribution in [0.4, 0.5) is 0 Å². The lowest BCUT2D eigenvalue weighted by Crippen LogP contribution is -2.36. The molecule has 0 aromatic carbocycles. The van der Waals surface area contributed by atoms with Gasteiger partial charge >= 0.3 is 0 Å². The van der Waals surface area contributed by atoms with Crippen molar-refractivity contribution in [3.8, 4) is 0 Å². The number of halogens is 1. The summed E-state index contributed by atoms with van der Waals surface area (Å²) in [5, 5.41) is 2.99. The molecule has 0 radical (unpaired) electrons. The molecule has 0 spiro atoms. The summed E-state index contributed by atoms with van der Waals surface area (Å²) in [5.74, 6) is 1.16. The summed E-state index contributed by atoms with van der Waals surface area (Å²) in [5.41, 5.74) is 0.611. The highest BCUT2D eigenvalue weighted by molar-refractivity contribution is 9.10. The van der Waals surface area contributed by atoms with E-state index in [2.05, 4.69) is 33.2 Å². The predicted octanol–water partition coefficient (Wildman–Crippen LogP) is 2.86. The van der Waals surface area contributed by atoms with Crippen LogP contribution >= 0.6 is 27.7 Å². The first-order chi connectivity index (χ1) is 8.09. The molecule has 1 saturated heterocycles. The second kappa shape index (κ2) is 5.40. The number of aromatic nitrogens is 1. The van der Waals surface area contributed by atoms with Gasteiger partial charge in [0.2, 0.25) is 0 Å². The molecule has 2 heterocycles. The van der Waals surface area contributed by atoms with E-state index < -0.39 is 0 Å². The zero-order chi connectivity index (χ0) is 12.3. The fraction of sp³-hybridized carbons (Fsp3) is 0.500. The van der Waals surface area contributed by atoms with Crippen molar-refractivity contribution in [3.05, 3.63) is 28.5 Å². The molecular weight excluding hydrogens is 300 g/mol. The van der Waals surface area contributed by atoms with E-state index in [0.29, 0.717) is 5.56 Å². The molecular formula is C12H15BrN2OS. The van der Waals surface area contributed by atoms with Crippen molar-refractivity contribution >= 4 is 33.6 Å². The highest BCUT2D eigenvalue weighted by Crippen LogP contribution is 2.36. The quantitative estimate of drug-likeness (QED) is 0.872. The van der Waals surface area contributed by atoms with Crippen molar-refractivity contribution in [1.29, 1.82) is 0 Å². The van der Waals surface area contributed by atoms with Crippen molar-refractivity contribution in [3.63, 3.8) is 0 Å². The number of amides is 1. The summed E-state index contributed by atoms with van der Waals surface area (Å²) >= 11 is 5.20. The van der Waals surface area contributed by atoms with E-state index in [1.54, 1.807) is 18.3 Å². The van der Waals surface area contributed by atoms with E-state index >= 15 is 0 Å². The average Bonchev–Trinajstić information content (AvgIpc) is 2.75. The van der Waals surface area contributed by atoms with Gasteiger partial charge in [-0.3, -0.25) is 4.79 Å². The van der Waals surface area contributed by atoms with Crippen molar-refractivity contribution in [1.82, 2.24) is 10.3 Å². The van der Waals surface area contributed by atoms with Crippen LogP contribution in [-0.2, 0) is 0 Å². The summed E-state index contributed by atoms with van der Waals surface area (Å²) < 4.78 is 0.950. The monoisotopic (exact) mass is 314 g/mol. The van der Waals surface area contributed by atoms with Crippen LogP contribution in [0.3, 0.4) is 0 Å². The Balaban J connectivity index is 1.91. The zero-order valence-corrected chi connectivity index (χ0v) is 12.1. The van der Waals surface area contributed by atoms with Crippen molar-refractivity contribution in [2.45, 2.75) is 24.5 Å². The predicted molar refractivity (Wildman–Crippen MR) is 74.4 cm³/mol. The molecule has 0 aliphatic carbocycles. The van der Waals surface area contributed by atoms with E-state index in [1.165, 1.54) is 18.6 Å². The molecule has 1 aromatic rings. The summed E-state index contributed by atoms with van der Waals surface area (Å²) in [6.07, 6.45) is 4.01. The van der Waals surface area contributed by atoms with Crippen LogP contribution in [0.15, 0.2) is 22.9 Å². The number of rotatable bonds is 3. The van der Waals surface area contributed by atoms with E-state index in [4.69, 9.17) is 0 Å². The first-order valence-corrected chi connectivity index (χ1v) is 7.41. The normalized spacial score (nSPS) is 23.6. The Morgan fingerprint density at radius 1 is 1.65 bits per heavy atom. The number of nitrogens with one attached hydrogen (secondary N) is 1.